The van der Waals surface area contributed by atoms with Crippen LogP contribution in [0.5, 0.6) is 5.75 Å². The van der Waals surface area contributed by atoms with Gasteiger partial charge in [0.25, 0.3) is 0 Å². The highest BCUT2D eigenvalue weighted by Crippen LogP contribution is 2.15. The zero-order chi connectivity index (χ0) is 13.2. The molecule has 0 bridgehead atoms. The molecule has 0 aliphatic carbocycles. The van der Waals surface area contributed by atoms with Gasteiger partial charge in [0, 0.05) is 12.3 Å². The van der Waals surface area contributed by atoms with Gasteiger partial charge in [-0.25, -0.2) is 0 Å². The number of alkyl halides is 1. The Hall–Kier alpha value is -1.66. The Bertz CT molecular complexity index is 449. The van der Waals surface area contributed by atoms with E-state index in [2.05, 4.69) is 17.2 Å². The van der Waals surface area contributed by atoms with Crippen LogP contribution in [0.4, 0.5) is 0 Å². The Kier molecular flexibility index (Phi) is 6.75. The van der Waals surface area contributed by atoms with Crippen LogP contribution in [0, 0.1) is 11.8 Å². The van der Waals surface area contributed by atoms with Crippen molar-refractivity contribution in [3.63, 3.8) is 0 Å². The number of benzene rings is 1. The van der Waals surface area contributed by atoms with Gasteiger partial charge in [0.05, 0.1) is 19.2 Å². The Balaban J connectivity index is 2.44. The number of carbonyl (C=O) groups is 1. The lowest BCUT2D eigenvalue weighted by Gasteiger charge is -2.01. The molecule has 1 N–H and O–H groups in total. The van der Waals surface area contributed by atoms with Crippen molar-refractivity contribution < 1.29 is 9.53 Å². The highest BCUT2D eigenvalue weighted by Gasteiger charge is 1.98. The SMILES string of the molecule is COc1ccccc1C#CCNC(=O)CCCCl. The average Bonchev–Trinajstić information content (AvgIpc) is 2.41. The first-order chi connectivity index (χ1) is 8.77. The van der Waals surface area contributed by atoms with Crippen LogP contribution in [-0.4, -0.2) is 25.4 Å². The summed E-state index contributed by atoms with van der Waals surface area (Å²) in [5.41, 5.74) is 0.815. The monoisotopic (exact) mass is 265 g/mol. The smallest absolute Gasteiger partial charge is 0.220 e. The Morgan fingerprint density at radius 2 is 2.22 bits per heavy atom. The van der Waals surface area contributed by atoms with Crippen LogP contribution in [0.15, 0.2) is 24.3 Å². The van der Waals surface area contributed by atoms with E-state index in [4.69, 9.17) is 16.3 Å². The van der Waals surface area contributed by atoms with Gasteiger partial charge in [-0.15, -0.1) is 11.6 Å². The maximum Gasteiger partial charge on any atom is 0.220 e. The van der Waals surface area contributed by atoms with Gasteiger partial charge in [0.1, 0.15) is 5.75 Å². The van der Waals surface area contributed by atoms with Gasteiger partial charge in [-0.3, -0.25) is 4.79 Å². The Morgan fingerprint density at radius 3 is 2.94 bits per heavy atom. The minimum absolute atomic E-state index is 0.0232. The zero-order valence-electron chi connectivity index (χ0n) is 10.3. The number of halogens is 1. The summed E-state index contributed by atoms with van der Waals surface area (Å²) in [7, 11) is 1.61. The molecule has 1 amide bonds. The molecule has 0 atom stereocenters. The molecule has 4 heteroatoms. The quantitative estimate of drug-likeness (QED) is 0.655. The number of para-hydroxylation sites is 1. The molecule has 18 heavy (non-hydrogen) atoms. The second kappa shape index (κ2) is 8.43. The van der Waals surface area contributed by atoms with E-state index in [9.17, 15) is 4.79 Å². The maximum atomic E-state index is 11.3. The molecule has 0 aliphatic heterocycles. The lowest BCUT2D eigenvalue weighted by molar-refractivity contribution is -0.120. The van der Waals surface area contributed by atoms with E-state index in [1.54, 1.807) is 7.11 Å². The highest BCUT2D eigenvalue weighted by atomic mass is 35.5. The number of ether oxygens (including phenoxy) is 1. The summed E-state index contributed by atoms with van der Waals surface area (Å²) >= 11 is 5.50. The molecule has 0 aromatic heterocycles. The van der Waals surface area contributed by atoms with E-state index in [1.165, 1.54) is 0 Å². The van der Waals surface area contributed by atoms with E-state index >= 15 is 0 Å². The highest BCUT2D eigenvalue weighted by molar-refractivity contribution is 6.17. The number of carbonyl (C=O) groups excluding carboxylic acids is 1. The van der Waals surface area contributed by atoms with Gasteiger partial charge in [0.15, 0.2) is 0 Å². The third kappa shape index (κ3) is 5.11. The van der Waals surface area contributed by atoms with Crippen molar-refractivity contribution in [1.82, 2.24) is 5.32 Å². The molecule has 0 spiro atoms. The van der Waals surface area contributed by atoms with Crippen LogP contribution in [0.3, 0.4) is 0 Å². The number of methoxy groups -OCH3 is 1. The summed E-state index contributed by atoms with van der Waals surface area (Å²) < 4.78 is 5.17. The van der Waals surface area contributed by atoms with Crippen molar-refractivity contribution in [3.8, 4) is 17.6 Å². The zero-order valence-corrected chi connectivity index (χ0v) is 11.1. The van der Waals surface area contributed by atoms with Gasteiger partial charge < -0.3 is 10.1 Å². The first-order valence-electron chi connectivity index (χ1n) is 5.72. The molecule has 0 aliphatic rings. The molecule has 0 heterocycles. The summed E-state index contributed by atoms with van der Waals surface area (Å²) in [6.07, 6.45) is 1.13. The predicted octanol–water partition coefficient (Wildman–Crippen LogP) is 2.18. The second-order valence-corrected chi connectivity index (χ2v) is 3.95. The van der Waals surface area contributed by atoms with Gasteiger partial charge in [-0.1, -0.05) is 24.0 Å². The van der Waals surface area contributed by atoms with Crippen molar-refractivity contribution in [3.05, 3.63) is 29.8 Å². The fraction of sp³-hybridized carbons (Fsp3) is 0.357. The number of hydrogen-bond acceptors (Lipinski definition) is 2. The topological polar surface area (TPSA) is 38.3 Å². The van der Waals surface area contributed by atoms with Crippen LogP contribution in [0.1, 0.15) is 18.4 Å². The van der Waals surface area contributed by atoms with Gasteiger partial charge >= 0.3 is 0 Å². The summed E-state index contributed by atoms with van der Waals surface area (Å²) in [6.45, 7) is 0.333. The molecule has 0 unspecified atom stereocenters. The van der Waals surface area contributed by atoms with Crippen LogP contribution in [0.25, 0.3) is 0 Å². The third-order valence-corrected chi connectivity index (χ3v) is 2.51. The lowest BCUT2D eigenvalue weighted by Crippen LogP contribution is -2.23. The van der Waals surface area contributed by atoms with Crippen molar-refractivity contribution in [1.29, 1.82) is 0 Å². The minimum atomic E-state index is -0.0232. The largest absolute Gasteiger partial charge is 0.495 e. The van der Waals surface area contributed by atoms with Gasteiger partial charge in [0.2, 0.25) is 5.91 Å². The number of hydrogen-bond donors (Lipinski definition) is 1. The number of nitrogens with one attached hydrogen (secondary N) is 1. The predicted molar refractivity (Wildman–Crippen MR) is 72.8 cm³/mol. The first kappa shape index (κ1) is 14.4. The third-order valence-electron chi connectivity index (χ3n) is 2.24. The first-order valence-corrected chi connectivity index (χ1v) is 6.26. The van der Waals surface area contributed by atoms with Gasteiger partial charge in [-0.2, -0.15) is 0 Å². The fourth-order valence-electron chi connectivity index (χ4n) is 1.35. The van der Waals surface area contributed by atoms with Crippen LogP contribution in [-0.2, 0) is 4.79 Å². The molecule has 1 aromatic carbocycles. The molecule has 0 radical (unpaired) electrons. The molecule has 96 valence electrons. The molecule has 0 fully saturated rings. The molecule has 0 saturated heterocycles. The Labute approximate surface area is 112 Å². The van der Waals surface area contributed by atoms with Crippen molar-refractivity contribution >= 4 is 17.5 Å². The number of amides is 1. The summed E-state index contributed by atoms with van der Waals surface area (Å²) in [4.78, 5) is 11.3. The molecular formula is C14H16ClNO2. The summed E-state index contributed by atoms with van der Waals surface area (Å²) in [5, 5.41) is 2.71. The maximum absolute atomic E-state index is 11.3. The normalized spacial score (nSPS) is 9.22. The fourth-order valence-corrected chi connectivity index (χ4v) is 1.48. The van der Waals surface area contributed by atoms with Crippen molar-refractivity contribution in [2.24, 2.45) is 0 Å². The van der Waals surface area contributed by atoms with Crippen molar-refractivity contribution in [2.45, 2.75) is 12.8 Å². The summed E-state index contributed by atoms with van der Waals surface area (Å²) in [6, 6.07) is 7.51. The molecule has 1 aromatic rings. The number of rotatable bonds is 5. The second-order valence-electron chi connectivity index (χ2n) is 3.57. The molecule has 0 saturated carbocycles. The van der Waals surface area contributed by atoms with Gasteiger partial charge in [-0.05, 0) is 18.6 Å². The minimum Gasteiger partial charge on any atom is -0.495 e. The molecular weight excluding hydrogens is 250 g/mol. The standard InChI is InChI=1S/C14H16ClNO2/c1-18-13-8-3-2-6-12(13)7-5-11-16-14(17)9-4-10-15/h2-3,6,8H,4,9-11H2,1H3,(H,16,17). The molecule has 3 nitrogen and oxygen atoms in total. The van der Waals surface area contributed by atoms with Crippen LogP contribution in [0.2, 0.25) is 0 Å². The van der Waals surface area contributed by atoms with E-state index < -0.39 is 0 Å². The van der Waals surface area contributed by atoms with E-state index in [0.717, 1.165) is 11.3 Å². The summed E-state index contributed by atoms with van der Waals surface area (Å²) in [5.74, 6) is 7.06. The van der Waals surface area contributed by atoms with E-state index in [0.29, 0.717) is 25.3 Å². The van der Waals surface area contributed by atoms with Crippen LogP contribution >= 0.6 is 11.6 Å². The average molecular weight is 266 g/mol. The van der Waals surface area contributed by atoms with E-state index in [1.807, 2.05) is 24.3 Å². The van der Waals surface area contributed by atoms with Crippen molar-refractivity contribution in [2.75, 3.05) is 19.5 Å². The van der Waals surface area contributed by atoms with E-state index in [-0.39, 0.29) is 5.91 Å². The molecule has 1 rings (SSSR count). The lowest BCUT2D eigenvalue weighted by atomic mass is 10.2. The Morgan fingerprint density at radius 1 is 1.44 bits per heavy atom. The van der Waals surface area contributed by atoms with Crippen LogP contribution < -0.4 is 10.1 Å².